The van der Waals surface area contributed by atoms with Gasteiger partial charge in [0.1, 0.15) is 13.2 Å². The Balaban J connectivity index is 0.000000479. The molecule has 204 valence electrons. The molecule has 0 atom stereocenters. The average molecular weight is 568 g/mol. The first kappa shape index (κ1) is 28.5. The molecule has 0 bridgehead atoms. The van der Waals surface area contributed by atoms with Crippen LogP contribution in [-0.2, 0) is 24.8 Å². The van der Waals surface area contributed by atoms with Crippen LogP contribution in [0.25, 0.3) is 0 Å². The lowest BCUT2D eigenvalue weighted by molar-refractivity contribution is -0.192. The van der Waals surface area contributed by atoms with Gasteiger partial charge in [0.25, 0.3) is 0 Å². The fourth-order valence-electron chi connectivity index (χ4n) is 3.51. The Kier molecular flexibility index (Phi) is 8.56. The topological polar surface area (TPSA) is 157 Å². The number of carboxylic acid groups (broad SMARTS) is 1. The maximum atomic E-state index is 13.1. The minimum Gasteiger partial charge on any atom is -0.486 e. The highest BCUT2D eigenvalue weighted by Gasteiger charge is 2.38. The van der Waals surface area contributed by atoms with E-state index in [2.05, 4.69) is 0 Å². The number of halogens is 3. The molecule has 0 unspecified atom stereocenters. The molecule has 2 aliphatic rings. The minimum atomic E-state index is -5.08. The number of benzene rings is 2. The Bertz CT molecular complexity index is 1350. The molecule has 2 aliphatic heterocycles. The maximum absolute atomic E-state index is 13.1. The van der Waals surface area contributed by atoms with E-state index < -0.39 is 32.2 Å². The number of nitrogens with two attached hydrogens (primary N) is 1. The van der Waals surface area contributed by atoms with Crippen molar-refractivity contribution in [3.05, 3.63) is 42.5 Å². The molecule has 11 nitrogen and oxygen atoms in total. The number of alkyl halides is 3. The van der Waals surface area contributed by atoms with Crippen LogP contribution in [0.1, 0.15) is 6.42 Å². The summed E-state index contributed by atoms with van der Waals surface area (Å²) >= 11 is 0. The Morgan fingerprint density at radius 2 is 1.35 bits per heavy atom. The van der Waals surface area contributed by atoms with Crippen molar-refractivity contribution in [2.24, 2.45) is 0 Å². The number of anilines is 1. The van der Waals surface area contributed by atoms with Crippen molar-refractivity contribution < 1.29 is 49.4 Å². The number of nitrogen functional groups attached to an aromatic ring is 1. The number of hydrogen-bond donors (Lipinski definition) is 2. The molecule has 2 aromatic rings. The zero-order valence-corrected chi connectivity index (χ0v) is 20.9. The van der Waals surface area contributed by atoms with Gasteiger partial charge in [0.15, 0.2) is 11.5 Å². The molecule has 1 saturated heterocycles. The summed E-state index contributed by atoms with van der Waals surface area (Å²) in [6.45, 7) is 1.34. The molecule has 3 N–H and O–H groups in total. The molecule has 4 rings (SSSR count). The van der Waals surface area contributed by atoms with Crippen LogP contribution >= 0.6 is 0 Å². The van der Waals surface area contributed by atoms with Crippen LogP contribution in [-0.4, -0.2) is 82.1 Å². The maximum Gasteiger partial charge on any atom is 0.490 e. The molecule has 0 saturated carbocycles. The largest absolute Gasteiger partial charge is 0.490 e. The van der Waals surface area contributed by atoms with Crippen molar-refractivity contribution in [3.8, 4) is 11.5 Å². The van der Waals surface area contributed by atoms with E-state index in [-0.39, 0.29) is 36.0 Å². The van der Waals surface area contributed by atoms with Crippen LogP contribution in [0, 0.1) is 0 Å². The molecule has 2 aromatic carbocycles. The van der Waals surface area contributed by atoms with Crippen molar-refractivity contribution in [2.75, 3.05) is 45.1 Å². The van der Waals surface area contributed by atoms with Gasteiger partial charge >= 0.3 is 12.1 Å². The summed E-state index contributed by atoms with van der Waals surface area (Å²) < 4.78 is 97.5. The van der Waals surface area contributed by atoms with Gasteiger partial charge in [0.05, 0.1) is 9.79 Å². The van der Waals surface area contributed by atoms with Gasteiger partial charge < -0.3 is 20.3 Å². The number of hydrogen-bond acceptors (Lipinski definition) is 8. The highest BCUT2D eigenvalue weighted by atomic mass is 32.2. The van der Waals surface area contributed by atoms with E-state index in [0.717, 1.165) is 0 Å². The second-order valence-electron chi connectivity index (χ2n) is 7.84. The van der Waals surface area contributed by atoms with Crippen LogP contribution in [0.2, 0.25) is 0 Å². The fourth-order valence-corrected chi connectivity index (χ4v) is 6.52. The Morgan fingerprint density at radius 1 is 0.838 bits per heavy atom. The van der Waals surface area contributed by atoms with Crippen molar-refractivity contribution in [2.45, 2.75) is 22.4 Å². The highest BCUT2D eigenvalue weighted by Crippen LogP contribution is 2.33. The molecular formula is C21H24F3N3O8S2. The molecule has 0 radical (unpaired) electrons. The molecule has 0 aliphatic carbocycles. The third-order valence-electron chi connectivity index (χ3n) is 5.30. The summed E-state index contributed by atoms with van der Waals surface area (Å²) in [5.74, 6) is -1.86. The summed E-state index contributed by atoms with van der Waals surface area (Å²) in [5.41, 5.74) is 6.07. The summed E-state index contributed by atoms with van der Waals surface area (Å²) in [7, 11) is -7.56. The number of sulfonamides is 2. The number of carboxylic acids is 1. The zero-order valence-electron chi connectivity index (χ0n) is 19.2. The van der Waals surface area contributed by atoms with Crippen LogP contribution in [0.4, 0.5) is 18.9 Å². The van der Waals surface area contributed by atoms with Gasteiger partial charge in [0, 0.05) is 37.9 Å². The summed E-state index contributed by atoms with van der Waals surface area (Å²) in [6, 6.07) is 10.6. The van der Waals surface area contributed by atoms with Crippen LogP contribution in [0.15, 0.2) is 52.3 Å². The van der Waals surface area contributed by atoms with Crippen LogP contribution < -0.4 is 15.2 Å². The number of aliphatic carboxylic acids is 1. The van der Waals surface area contributed by atoms with Crippen molar-refractivity contribution >= 4 is 31.7 Å². The van der Waals surface area contributed by atoms with Crippen molar-refractivity contribution in [1.82, 2.24) is 8.61 Å². The molecule has 37 heavy (non-hydrogen) atoms. The van der Waals surface area contributed by atoms with Gasteiger partial charge in [-0.25, -0.2) is 21.6 Å². The Labute approximate surface area is 211 Å². The minimum absolute atomic E-state index is 0.0539. The van der Waals surface area contributed by atoms with E-state index in [9.17, 15) is 30.0 Å². The second-order valence-corrected chi connectivity index (χ2v) is 11.7. The molecule has 16 heteroatoms. The SMILES string of the molecule is Nc1cccc(S(=O)(=O)N2CCCN(S(=O)(=O)c3ccc4c(c3)OCCO4)CC2)c1.O=C(O)C(F)(F)F. The predicted molar refractivity (Wildman–Crippen MR) is 124 cm³/mol. The number of carbonyl (C=O) groups is 1. The van der Waals surface area contributed by atoms with Crippen molar-refractivity contribution in [3.63, 3.8) is 0 Å². The first-order valence-electron chi connectivity index (χ1n) is 10.8. The standard InChI is InChI=1S/C19H23N3O6S2.C2HF3O2/c20-15-3-1-4-16(13-15)29(23,24)21-7-2-8-22(10-9-21)30(25,26)17-5-6-18-19(14-17)28-12-11-27-18;3-2(4,5)1(6)7/h1,3-6,13-14H,2,7-12,20H2;(H,6,7). The quantitative estimate of drug-likeness (QED) is 0.526. The van der Waals surface area contributed by atoms with Gasteiger partial charge in [-0.15, -0.1) is 0 Å². The summed E-state index contributed by atoms with van der Waals surface area (Å²) in [4.78, 5) is 9.09. The van der Waals surface area contributed by atoms with E-state index in [4.69, 9.17) is 25.1 Å². The first-order chi connectivity index (χ1) is 17.2. The molecule has 0 amide bonds. The van der Waals surface area contributed by atoms with E-state index in [0.29, 0.717) is 36.8 Å². The smallest absolute Gasteiger partial charge is 0.486 e. The van der Waals surface area contributed by atoms with Crippen molar-refractivity contribution in [1.29, 1.82) is 0 Å². The molecule has 0 spiro atoms. The van der Waals surface area contributed by atoms with E-state index in [1.807, 2.05) is 0 Å². The number of ether oxygens (including phenoxy) is 2. The van der Waals surface area contributed by atoms with E-state index in [1.54, 1.807) is 18.2 Å². The normalized spacial score (nSPS) is 17.3. The number of nitrogens with zero attached hydrogens (tertiary/aromatic N) is 2. The molecular weight excluding hydrogens is 543 g/mol. The lowest BCUT2D eigenvalue weighted by atomic mass is 10.3. The first-order valence-corrected chi connectivity index (χ1v) is 13.7. The third kappa shape index (κ3) is 6.82. The Morgan fingerprint density at radius 3 is 1.86 bits per heavy atom. The second kappa shape index (κ2) is 11.1. The average Bonchev–Trinajstić information content (AvgIpc) is 3.11. The Hall–Kier alpha value is -3.08. The van der Waals surface area contributed by atoms with Gasteiger partial charge in [0.2, 0.25) is 20.0 Å². The van der Waals surface area contributed by atoms with E-state index >= 15 is 0 Å². The molecule has 0 aromatic heterocycles. The van der Waals surface area contributed by atoms with Crippen LogP contribution in [0.3, 0.4) is 0 Å². The molecule has 1 fully saturated rings. The predicted octanol–water partition coefficient (Wildman–Crippen LogP) is 1.76. The van der Waals surface area contributed by atoms with Gasteiger partial charge in [-0.05, 0) is 36.8 Å². The zero-order chi connectivity index (χ0) is 27.4. The van der Waals surface area contributed by atoms with Gasteiger partial charge in [-0.3, -0.25) is 0 Å². The molecule has 2 heterocycles. The third-order valence-corrected chi connectivity index (χ3v) is 9.09. The lowest BCUT2D eigenvalue weighted by Crippen LogP contribution is -2.37. The van der Waals surface area contributed by atoms with Gasteiger partial charge in [-0.2, -0.15) is 21.8 Å². The van der Waals surface area contributed by atoms with E-state index in [1.165, 1.54) is 32.9 Å². The number of rotatable bonds is 4. The lowest BCUT2D eigenvalue weighted by Gasteiger charge is -2.23. The van der Waals surface area contributed by atoms with Crippen LogP contribution in [0.5, 0.6) is 11.5 Å². The summed E-state index contributed by atoms with van der Waals surface area (Å²) in [6.07, 6.45) is -4.70. The fraction of sp³-hybridized carbons (Fsp3) is 0.381. The monoisotopic (exact) mass is 567 g/mol. The summed E-state index contributed by atoms with van der Waals surface area (Å²) in [5, 5.41) is 7.12. The highest BCUT2D eigenvalue weighted by molar-refractivity contribution is 7.89. The van der Waals surface area contributed by atoms with Gasteiger partial charge in [-0.1, -0.05) is 6.07 Å². The number of fused-ring (bicyclic) bond motifs is 1.